The van der Waals surface area contributed by atoms with E-state index in [1.54, 1.807) is 0 Å². The van der Waals surface area contributed by atoms with Gasteiger partial charge in [-0.25, -0.2) is 0 Å². The lowest BCUT2D eigenvalue weighted by Crippen LogP contribution is -2.46. The van der Waals surface area contributed by atoms with Crippen molar-refractivity contribution in [1.82, 2.24) is 5.32 Å². The van der Waals surface area contributed by atoms with Crippen molar-refractivity contribution in [2.24, 2.45) is 17.6 Å². The number of carbonyl (C=O) groups is 1. The molecule has 0 aliphatic heterocycles. The molecule has 0 heterocycles. The van der Waals surface area contributed by atoms with Crippen LogP contribution in [0.5, 0.6) is 0 Å². The van der Waals surface area contributed by atoms with Crippen molar-refractivity contribution >= 4 is 5.91 Å². The minimum Gasteiger partial charge on any atom is -0.368 e. The third kappa shape index (κ3) is 2.69. The molecule has 0 bridgehead atoms. The average Bonchev–Trinajstić information content (AvgIpc) is 2.04. The van der Waals surface area contributed by atoms with Crippen LogP contribution in [0.3, 0.4) is 0 Å². The number of nitrogens with one attached hydrogen (secondary N) is 1. The third-order valence-electron chi connectivity index (χ3n) is 3.07. The molecule has 3 heteroatoms. The first-order chi connectivity index (χ1) is 6.15. The molecule has 76 valence electrons. The van der Waals surface area contributed by atoms with E-state index in [9.17, 15) is 4.79 Å². The molecule has 13 heavy (non-hydrogen) atoms. The summed E-state index contributed by atoms with van der Waals surface area (Å²) in [5.41, 5.74) is 5.32. The zero-order valence-electron chi connectivity index (χ0n) is 8.55. The molecule has 0 aromatic carbocycles. The Morgan fingerprint density at radius 2 is 2.23 bits per heavy atom. The Balaban J connectivity index is 2.52. The Bertz CT molecular complexity index is 182. The third-order valence-corrected chi connectivity index (χ3v) is 3.07. The van der Waals surface area contributed by atoms with Gasteiger partial charge in [0, 0.05) is 0 Å². The molecule has 1 amide bonds. The van der Waals surface area contributed by atoms with E-state index < -0.39 is 0 Å². The first kappa shape index (κ1) is 10.5. The number of carbonyl (C=O) groups excluding carboxylic acids is 1. The lowest BCUT2D eigenvalue weighted by atomic mass is 9.78. The Labute approximate surface area is 80.1 Å². The van der Waals surface area contributed by atoms with Crippen molar-refractivity contribution in [2.75, 3.05) is 7.05 Å². The van der Waals surface area contributed by atoms with Crippen LogP contribution in [0.2, 0.25) is 0 Å². The molecule has 1 aliphatic carbocycles. The maximum absolute atomic E-state index is 11.1. The lowest BCUT2D eigenvalue weighted by Gasteiger charge is -2.31. The smallest absolute Gasteiger partial charge is 0.234 e. The lowest BCUT2D eigenvalue weighted by molar-refractivity contribution is -0.121. The van der Waals surface area contributed by atoms with Gasteiger partial charge in [0.25, 0.3) is 0 Å². The van der Waals surface area contributed by atoms with Crippen LogP contribution in [-0.2, 0) is 4.79 Å². The minimum atomic E-state index is -0.207. The number of nitrogens with two attached hydrogens (primary N) is 1. The van der Waals surface area contributed by atoms with Gasteiger partial charge in [0.05, 0.1) is 6.04 Å². The molecular weight excluding hydrogens is 164 g/mol. The van der Waals surface area contributed by atoms with Gasteiger partial charge in [0.15, 0.2) is 0 Å². The molecular formula is C10H20N2O. The number of rotatable bonds is 3. The van der Waals surface area contributed by atoms with Crippen LogP contribution in [-0.4, -0.2) is 19.0 Å². The average molecular weight is 184 g/mol. The van der Waals surface area contributed by atoms with Gasteiger partial charge in [-0.05, 0) is 31.7 Å². The van der Waals surface area contributed by atoms with Crippen LogP contribution in [0, 0.1) is 11.8 Å². The second kappa shape index (κ2) is 4.61. The van der Waals surface area contributed by atoms with E-state index in [1.807, 2.05) is 7.05 Å². The van der Waals surface area contributed by atoms with Gasteiger partial charge in [0.1, 0.15) is 0 Å². The standard InChI is InChI=1S/C10H20N2O/c1-7-4-3-5-8(6-7)9(12-2)10(11)13/h7-9,12H,3-6H2,1-2H3,(H2,11,13). The van der Waals surface area contributed by atoms with Crippen molar-refractivity contribution < 1.29 is 4.79 Å². The fourth-order valence-electron chi connectivity index (χ4n) is 2.39. The second-order valence-corrected chi connectivity index (χ2v) is 4.20. The van der Waals surface area contributed by atoms with Crippen LogP contribution in [0.25, 0.3) is 0 Å². The maximum atomic E-state index is 11.1. The fraction of sp³-hybridized carbons (Fsp3) is 0.900. The summed E-state index contributed by atoms with van der Waals surface area (Å²) in [6, 6.07) is -0.122. The molecule has 0 saturated heterocycles. The number of likely N-dealkylation sites (N-methyl/N-ethyl adjacent to an activating group) is 1. The molecule has 0 spiro atoms. The van der Waals surface area contributed by atoms with Gasteiger partial charge in [-0.1, -0.05) is 19.8 Å². The monoisotopic (exact) mass is 184 g/mol. The molecule has 0 radical (unpaired) electrons. The summed E-state index contributed by atoms with van der Waals surface area (Å²) in [6.07, 6.45) is 4.80. The molecule has 1 fully saturated rings. The van der Waals surface area contributed by atoms with E-state index in [4.69, 9.17) is 5.73 Å². The second-order valence-electron chi connectivity index (χ2n) is 4.20. The highest BCUT2D eigenvalue weighted by molar-refractivity contribution is 5.80. The normalized spacial score (nSPS) is 31.2. The zero-order chi connectivity index (χ0) is 9.84. The van der Waals surface area contributed by atoms with Gasteiger partial charge in [-0.15, -0.1) is 0 Å². The molecule has 0 aromatic rings. The van der Waals surface area contributed by atoms with E-state index in [0.29, 0.717) is 5.92 Å². The largest absolute Gasteiger partial charge is 0.368 e. The molecule has 0 aromatic heterocycles. The number of hydrogen-bond donors (Lipinski definition) is 2. The number of amides is 1. The first-order valence-corrected chi connectivity index (χ1v) is 5.11. The van der Waals surface area contributed by atoms with Crippen LogP contribution in [0.1, 0.15) is 32.6 Å². The summed E-state index contributed by atoms with van der Waals surface area (Å²) in [5, 5.41) is 3.02. The highest BCUT2D eigenvalue weighted by Gasteiger charge is 2.28. The topological polar surface area (TPSA) is 55.1 Å². The number of hydrogen-bond acceptors (Lipinski definition) is 2. The van der Waals surface area contributed by atoms with Crippen molar-refractivity contribution in [3.8, 4) is 0 Å². The summed E-state index contributed by atoms with van der Waals surface area (Å²) >= 11 is 0. The predicted molar refractivity (Wildman–Crippen MR) is 53.2 cm³/mol. The van der Waals surface area contributed by atoms with Gasteiger partial charge in [-0.3, -0.25) is 4.79 Å². The van der Waals surface area contributed by atoms with Gasteiger partial charge >= 0.3 is 0 Å². The Morgan fingerprint density at radius 3 is 2.69 bits per heavy atom. The van der Waals surface area contributed by atoms with Gasteiger partial charge in [0.2, 0.25) is 5.91 Å². The van der Waals surface area contributed by atoms with E-state index in [-0.39, 0.29) is 11.9 Å². The SMILES string of the molecule is CNC(C(N)=O)C1CCCC(C)C1. The molecule has 1 saturated carbocycles. The predicted octanol–water partition coefficient (Wildman–Crippen LogP) is 0.886. The van der Waals surface area contributed by atoms with Crippen LogP contribution in [0.4, 0.5) is 0 Å². The summed E-state index contributed by atoms with van der Waals surface area (Å²) < 4.78 is 0. The molecule has 3 N–H and O–H groups in total. The quantitative estimate of drug-likeness (QED) is 0.684. The minimum absolute atomic E-state index is 0.122. The van der Waals surface area contributed by atoms with Crippen LogP contribution >= 0.6 is 0 Å². The molecule has 3 atom stereocenters. The summed E-state index contributed by atoms with van der Waals surface area (Å²) in [4.78, 5) is 11.1. The van der Waals surface area contributed by atoms with Crippen molar-refractivity contribution in [3.63, 3.8) is 0 Å². The van der Waals surface area contributed by atoms with E-state index in [0.717, 1.165) is 18.8 Å². The Kier molecular flexibility index (Phi) is 3.72. The van der Waals surface area contributed by atoms with Gasteiger partial charge in [-0.2, -0.15) is 0 Å². The maximum Gasteiger partial charge on any atom is 0.234 e. The first-order valence-electron chi connectivity index (χ1n) is 5.11. The van der Waals surface area contributed by atoms with Crippen molar-refractivity contribution in [1.29, 1.82) is 0 Å². The van der Waals surface area contributed by atoms with E-state index in [1.165, 1.54) is 12.8 Å². The van der Waals surface area contributed by atoms with Crippen molar-refractivity contribution in [3.05, 3.63) is 0 Å². The van der Waals surface area contributed by atoms with Crippen molar-refractivity contribution in [2.45, 2.75) is 38.6 Å². The Hall–Kier alpha value is -0.570. The number of primary amides is 1. The van der Waals surface area contributed by atoms with Gasteiger partial charge < -0.3 is 11.1 Å². The highest BCUT2D eigenvalue weighted by Crippen LogP contribution is 2.30. The zero-order valence-corrected chi connectivity index (χ0v) is 8.55. The Morgan fingerprint density at radius 1 is 1.54 bits per heavy atom. The summed E-state index contributed by atoms with van der Waals surface area (Å²) in [7, 11) is 1.81. The highest BCUT2D eigenvalue weighted by atomic mass is 16.1. The van der Waals surface area contributed by atoms with E-state index in [2.05, 4.69) is 12.2 Å². The van der Waals surface area contributed by atoms with Crippen LogP contribution < -0.4 is 11.1 Å². The van der Waals surface area contributed by atoms with E-state index >= 15 is 0 Å². The van der Waals surface area contributed by atoms with Crippen LogP contribution in [0.15, 0.2) is 0 Å². The summed E-state index contributed by atoms with van der Waals surface area (Å²) in [5.74, 6) is 0.988. The molecule has 3 nitrogen and oxygen atoms in total. The molecule has 3 unspecified atom stereocenters. The molecule has 1 rings (SSSR count). The fourth-order valence-corrected chi connectivity index (χ4v) is 2.39. The molecule has 1 aliphatic rings. The summed E-state index contributed by atoms with van der Waals surface area (Å²) in [6.45, 7) is 2.25.